The predicted molar refractivity (Wildman–Crippen MR) is 99.3 cm³/mol. The second-order valence-electron chi connectivity index (χ2n) is 5.16. The van der Waals surface area contributed by atoms with Crippen molar-refractivity contribution in [3.63, 3.8) is 0 Å². The number of amides is 1. The van der Waals surface area contributed by atoms with Crippen LogP contribution in [0.5, 0.6) is 0 Å². The molecule has 0 fully saturated rings. The van der Waals surface area contributed by atoms with Crippen molar-refractivity contribution in [2.75, 3.05) is 92.6 Å². The lowest BCUT2D eigenvalue weighted by atomic mass is 10.4. The average Bonchev–Trinajstić information content (AvgIpc) is 2.62. The first-order chi connectivity index (χ1) is 12.2. The number of carbonyl (C=O) groups excluding carboxylic acids is 1. The van der Waals surface area contributed by atoms with E-state index in [-0.39, 0.29) is 5.91 Å². The van der Waals surface area contributed by atoms with Crippen molar-refractivity contribution in [3.05, 3.63) is 0 Å². The highest BCUT2D eigenvalue weighted by atomic mass is 32.1. The third-order valence-corrected chi connectivity index (χ3v) is 3.35. The molecule has 0 unspecified atom stereocenters. The average molecular weight is 383 g/mol. The second-order valence-corrected chi connectivity index (χ2v) is 5.41. The normalized spacial score (nSPS) is 11.0. The van der Waals surface area contributed by atoms with Crippen molar-refractivity contribution in [1.29, 1.82) is 0 Å². The van der Waals surface area contributed by atoms with Crippen molar-refractivity contribution >= 4 is 18.5 Å². The van der Waals surface area contributed by atoms with E-state index in [1.807, 2.05) is 7.05 Å². The van der Waals surface area contributed by atoms with Gasteiger partial charge in [0.1, 0.15) is 0 Å². The fraction of sp³-hybridized carbons (Fsp3) is 0.938. The van der Waals surface area contributed by atoms with Crippen LogP contribution in [0.3, 0.4) is 0 Å². The largest absolute Gasteiger partial charge is 0.379 e. The number of hydrogen-bond acceptors (Lipinski definition) is 8. The number of likely N-dealkylation sites (N-methyl/N-ethyl adjacent to an activating group) is 2. The van der Waals surface area contributed by atoms with Gasteiger partial charge >= 0.3 is 0 Å². The van der Waals surface area contributed by atoms with Gasteiger partial charge in [-0.15, -0.1) is 0 Å². The Labute approximate surface area is 156 Å². The van der Waals surface area contributed by atoms with E-state index >= 15 is 0 Å². The summed E-state index contributed by atoms with van der Waals surface area (Å²) >= 11 is 3.92. The first-order valence-electron chi connectivity index (χ1n) is 8.60. The molecule has 0 bridgehead atoms. The number of nitrogens with zero attached hydrogens (tertiary/aromatic N) is 1. The molecule has 0 aromatic carbocycles. The van der Waals surface area contributed by atoms with Crippen LogP contribution >= 0.6 is 12.6 Å². The molecule has 0 rings (SSSR count). The molecule has 0 saturated heterocycles. The fourth-order valence-electron chi connectivity index (χ4n) is 1.70. The standard InChI is InChI=1S/C16H34N2O6S/c1-17-4-5-18(2)16(19)3-6-20-7-8-21-9-10-22-11-12-23-13-14-24-15-25/h17,25H,3-15H2,1-2H3. The Balaban J connectivity index is 3.17. The minimum atomic E-state index is 0.0870. The van der Waals surface area contributed by atoms with Gasteiger partial charge < -0.3 is 33.9 Å². The number of nitrogens with one attached hydrogen (secondary N) is 1. The molecule has 0 spiro atoms. The molecule has 0 aromatic heterocycles. The molecule has 25 heavy (non-hydrogen) atoms. The molecule has 1 amide bonds. The summed E-state index contributed by atoms with van der Waals surface area (Å²) in [6.45, 7) is 6.06. The number of carbonyl (C=O) groups is 1. The van der Waals surface area contributed by atoms with Crippen LogP contribution in [0.2, 0.25) is 0 Å². The molecule has 0 heterocycles. The smallest absolute Gasteiger partial charge is 0.224 e. The lowest BCUT2D eigenvalue weighted by Crippen LogP contribution is -2.33. The van der Waals surface area contributed by atoms with E-state index in [1.54, 1.807) is 11.9 Å². The molecule has 0 aliphatic heterocycles. The van der Waals surface area contributed by atoms with Gasteiger partial charge in [-0.05, 0) is 7.05 Å². The van der Waals surface area contributed by atoms with Crippen LogP contribution in [0.15, 0.2) is 0 Å². The van der Waals surface area contributed by atoms with Crippen LogP contribution in [0.1, 0.15) is 6.42 Å². The highest BCUT2D eigenvalue weighted by Crippen LogP contribution is 1.92. The van der Waals surface area contributed by atoms with Gasteiger partial charge in [0.05, 0.1) is 71.8 Å². The van der Waals surface area contributed by atoms with Crippen molar-refractivity contribution in [2.45, 2.75) is 6.42 Å². The summed E-state index contributed by atoms with van der Waals surface area (Å²) in [6.07, 6.45) is 0.391. The van der Waals surface area contributed by atoms with Crippen LogP contribution in [0.4, 0.5) is 0 Å². The van der Waals surface area contributed by atoms with Gasteiger partial charge in [0.15, 0.2) is 0 Å². The van der Waals surface area contributed by atoms with Gasteiger partial charge in [-0.1, -0.05) is 0 Å². The van der Waals surface area contributed by atoms with Gasteiger partial charge in [-0.2, -0.15) is 12.6 Å². The van der Waals surface area contributed by atoms with E-state index in [1.165, 1.54) is 0 Å². The number of ether oxygens (including phenoxy) is 5. The molecule has 150 valence electrons. The maximum absolute atomic E-state index is 11.7. The topological polar surface area (TPSA) is 78.5 Å². The van der Waals surface area contributed by atoms with Crippen molar-refractivity contribution in [3.8, 4) is 0 Å². The van der Waals surface area contributed by atoms with Crippen LogP contribution in [0.25, 0.3) is 0 Å². The summed E-state index contributed by atoms with van der Waals surface area (Å²) in [6, 6.07) is 0. The van der Waals surface area contributed by atoms with E-state index in [0.717, 1.165) is 6.54 Å². The Kier molecular flexibility index (Phi) is 19.6. The quantitative estimate of drug-likeness (QED) is 0.185. The molecule has 8 nitrogen and oxygen atoms in total. The van der Waals surface area contributed by atoms with Gasteiger partial charge in [-0.3, -0.25) is 4.79 Å². The van der Waals surface area contributed by atoms with E-state index < -0.39 is 0 Å². The Hall–Kier alpha value is -0.420. The van der Waals surface area contributed by atoms with Crippen LogP contribution in [-0.4, -0.2) is 103 Å². The third kappa shape index (κ3) is 18.2. The molecule has 0 aliphatic carbocycles. The summed E-state index contributed by atoms with van der Waals surface area (Å²) in [5, 5.41) is 3.01. The van der Waals surface area contributed by atoms with Crippen LogP contribution in [0, 0.1) is 0 Å². The summed E-state index contributed by atoms with van der Waals surface area (Å²) in [5.74, 6) is 0.495. The van der Waals surface area contributed by atoms with Crippen molar-refractivity contribution in [1.82, 2.24) is 10.2 Å². The Morgan fingerprint density at radius 2 is 1.28 bits per heavy atom. The monoisotopic (exact) mass is 382 g/mol. The van der Waals surface area contributed by atoms with Crippen molar-refractivity contribution in [2.24, 2.45) is 0 Å². The maximum atomic E-state index is 11.7. The number of rotatable bonds is 19. The summed E-state index contributed by atoms with van der Waals surface area (Å²) in [5.41, 5.74) is 0. The highest BCUT2D eigenvalue weighted by Gasteiger charge is 2.07. The molecule has 9 heteroatoms. The van der Waals surface area contributed by atoms with Gasteiger partial charge in [-0.25, -0.2) is 0 Å². The second kappa shape index (κ2) is 19.9. The van der Waals surface area contributed by atoms with Crippen molar-refractivity contribution < 1.29 is 28.5 Å². The third-order valence-electron chi connectivity index (χ3n) is 3.16. The summed E-state index contributed by atoms with van der Waals surface area (Å²) in [4.78, 5) is 13.4. The van der Waals surface area contributed by atoms with Gasteiger partial charge in [0.25, 0.3) is 0 Å². The Morgan fingerprint density at radius 1 is 0.840 bits per heavy atom. The zero-order valence-electron chi connectivity index (χ0n) is 15.5. The lowest BCUT2D eigenvalue weighted by molar-refractivity contribution is -0.131. The first kappa shape index (κ1) is 24.6. The Bertz CT molecular complexity index is 300. The van der Waals surface area contributed by atoms with Crippen LogP contribution in [-0.2, 0) is 28.5 Å². The Morgan fingerprint density at radius 3 is 1.72 bits per heavy atom. The summed E-state index contributed by atoms with van der Waals surface area (Å²) < 4.78 is 26.4. The molecule has 0 saturated carbocycles. The maximum Gasteiger partial charge on any atom is 0.224 e. The summed E-state index contributed by atoms with van der Waals surface area (Å²) in [7, 11) is 3.66. The van der Waals surface area contributed by atoms with E-state index in [9.17, 15) is 4.79 Å². The lowest BCUT2D eigenvalue weighted by Gasteiger charge is -2.16. The van der Waals surface area contributed by atoms with Gasteiger partial charge in [0.2, 0.25) is 5.91 Å². The first-order valence-corrected chi connectivity index (χ1v) is 9.23. The molecule has 1 N–H and O–H groups in total. The van der Waals surface area contributed by atoms with Crippen LogP contribution < -0.4 is 5.32 Å². The minimum absolute atomic E-state index is 0.0870. The molecule has 0 aromatic rings. The molecular weight excluding hydrogens is 348 g/mol. The van der Waals surface area contributed by atoms with E-state index in [4.69, 9.17) is 23.7 Å². The molecule has 0 aliphatic rings. The minimum Gasteiger partial charge on any atom is -0.379 e. The molecule has 0 atom stereocenters. The molecular formula is C16H34N2O6S. The predicted octanol–water partition coefficient (Wildman–Crippen LogP) is 0.0246. The zero-order valence-corrected chi connectivity index (χ0v) is 16.4. The fourth-order valence-corrected chi connectivity index (χ4v) is 1.83. The zero-order chi connectivity index (χ0) is 18.6. The van der Waals surface area contributed by atoms with E-state index in [0.29, 0.717) is 78.4 Å². The number of hydrogen-bond donors (Lipinski definition) is 2. The van der Waals surface area contributed by atoms with E-state index in [2.05, 4.69) is 17.9 Å². The SMILES string of the molecule is CNCCN(C)C(=O)CCOCCOCCOCCOCCOCS. The molecule has 0 radical (unpaired) electrons. The number of thiol groups is 1. The highest BCUT2D eigenvalue weighted by molar-refractivity contribution is 7.80. The van der Waals surface area contributed by atoms with Gasteiger partial charge in [0, 0.05) is 20.1 Å².